The molecule has 3 rings (SSSR count). The Kier molecular flexibility index (Phi) is 3.89. The highest BCUT2D eigenvalue weighted by Crippen LogP contribution is 2.22. The molecular weight excluding hydrogens is 282 g/mol. The van der Waals surface area contributed by atoms with Crippen LogP contribution < -0.4 is 9.30 Å². The number of benzene rings is 2. The summed E-state index contributed by atoms with van der Waals surface area (Å²) in [5, 5.41) is 2.99. The largest absolute Gasteiger partial charge is 0.490 e. The van der Waals surface area contributed by atoms with Crippen LogP contribution in [0, 0.1) is 0 Å². The van der Waals surface area contributed by atoms with Crippen LogP contribution in [0.1, 0.15) is 5.56 Å². The predicted octanol–water partition coefficient (Wildman–Crippen LogP) is 4.42. The van der Waals surface area contributed by atoms with E-state index in [2.05, 4.69) is 18.3 Å². The van der Waals surface area contributed by atoms with Crippen molar-refractivity contribution in [2.45, 2.75) is 0 Å². The Labute approximate surface area is 128 Å². The van der Waals surface area contributed by atoms with Crippen LogP contribution in [-0.4, -0.2) is 7.11 Å². The monoisotopic (exact) mass is 296 g/mol. The fourth-order valence-corrected chi connectivity index (χ4v) is 2.36. The third-order valence-corrected chi connectivity index (χ3v) is 3.56. The van der Waals surface area contributed by atoms with Crippen molar-refractivity contribution in [1.82, 2.24) is 0 Å². The highest BCUT2D eigenvalue weighted by Gasteiger charge is 2.08. The van der Waals surface area contributed by atoms with Crippen molar-refractivity contribution in [1.29, 1.82) is 0 Å². The molecule has 0 radical (unpaired) electrons. The average molecular weight is 297 g/mol. The van der Waals surface area contributed by atoms with Gasteiger partial charge in [-0.25, -0.2) is 0 Å². The zero-order valence-corrected chi connectivity index (χ0v) is 12.4. The van der Waals surface area contributed by atoms with Crippen molar-refractivity contribution < 1.29 is 9.30 Å². The fourth-order valence-electron chi connectivity index (χ4n) is 2.23. The SMILES string of the molecule is COc1c[n+](/C=C/c2ccc(Cl)cc2)cc2ccccc12. The van der Waals surface area contributed by atoms with Gasteiger partial charge in [-0.05, 0) is 23.8 Å². The first-order valence-electron chi connectivity index (χ1n) is 6.67. The topological polar surface area (TPSA) is 13.1 Å². The van der Waals surface area contributed by atoms with E-state index < -0.39 is 0 Å². The quantitative estimate of drug-likeness (QED) is 0.652. The standard InChI is InChI=1S/C18H15ClNO/c1-21-18-13-20(12-15-4-2-3-5-17(15)18)11-10-14-6-8-16(19)9-7-14/h2-13H,1H3/q+1/b11-10+. The van der Waals surface area contributed by atoms with Gasteiger partial charge in [0.2, 0.25) is 6.20 Å². The Hall–Kier alpha value is -2.32. The summed E-state index contributed by atoms with van der Waals surface area (Å²) >= 11 is 5.89. The Bertz CT molecular complexity index is 794. The molecule has 0 bridgehead atoms. The lowest BCUT2D eigenvalue weighted by atomic mass is 10.1. The van der Waals surface area contributed by atoms with Crippen LogP contribution in [-0.2, 0) is 0 Å². The molecule has 21 heavy (non-hydrogen) atoms. The van der Waals surface area contributed by atoms with E-state index in [4.69, 9.17) is 16.3 Å². The molecule has 0 fully saturated rings. The lowest BCUT2D eigenvalue weighted by molar-refractivity contribution is -0.566. The molecule has 2 aromatic carbocycles. The number of halogens is 1. The molecule has 0 saturated carbocycles. The van der Waals surface area contributed by atoms with Gasteiger partial charge < -0.3 is 4.74 Å². The zero-order valence-electron chi connectivity index (χ0n) is 11.7. The molecule has 0 amide bonds. The molecule has 2 nitrogen and oxygen atoms in total. The number of ether oxygens (including phenoxy) is 1. The molecule has 1 heterocycles. The summed E-state index contributed by atoms with van der Waals surface area (Å²) in [5.74, 6) is 0.855. The zero-order chi connectivity index (χ0) is 14.7. The van der Waals surface area contributed by atoms with Crippen LogP contribution in [0.5, 0.6) is 5.75 Å². The Morgan fingerprint density at radius 1 is 1.00 bits per heavy atom. The first-order chi connectivity index (χ1) is 10.3. The highest BCUT2D eigenvalue weighted by atomic mass is 35.5. The number of hydrogen-bond acceptors (Lipinski definition) is 1. The van der Waals surface area contributed by atoms with Crippen molar-refractivity contribution >= 4 is 34.6 Å². The molecule has 0 aliphatic rings. The third kappa shape index (κ3) is 3.06. The number of aromatic nitrogens is 1. The van der Waals surface area contributed by atoms with E-state index in [1.165, 1.54) is 0 Å². The van der Waals surface area contributed by atoms with Crippen LogP contribution in [0.15, 0.2) is 60.9 Å². The second-order valence-electron chi connectivity index (χ2n) is 4.73. The van der Waals surface area contributed by atoms with E-state index >= 15 is 0 Å². The summed E-state index contributed by atoms with van der Waals surface area (Å²) in [4.78, 5) is 0. The molecule has 3 aromatic rings. The Balaban J connectivity index is 1.98. The number of methoxy groups -OCH3 is 1. The second kappa shape index (κ2) is 5.98. The maximum atomic E-state index is 5.89. The van der Waals surface area contributed by atoms with E-state index in [1.54, 1.807) is 7.11 Å². The van der Waals surface area contributed by atoms with Crippen molar-refractivity contribution in [2.24, 2.45) is 0 Å². The summed E-state index contributed by atoms with van der Waals surface area (Å²) in [7, 11) is 1.69. The molecule has 0 saturated heterocycles. The van der Waals surface area contributed by atoms with Gasteiger partial charge >= 0.3 is 0 Å². The van der Waals surface area contributed by atoms with Crippen LogP contribution >= 0.6 is 11.6 Å². The van der Waals surface area contributed by atoms with Crippen LogP contribution in [0.25, 0.3) is 23.0 Å². The van der Waals surface area contributed by atoms with Crippen LogP contribution in [0.4, 0.5) is 0 Å². The molecule has 3 heteroatoms. The minimum atomic E-state index is 0.743. The predicted molar refractivity (Wildman–Crippen MR) is 87.4 cm³/mol. The maximum absolute atomic E-state index is 5.89. The van der Waals surface area contributed by atoms with E-state index in [-0.39, 0.29) is 0 Å². The molecule has 0 unspecified atom stereocenters. The van der Waals surface area contributed by atoms with Gasteiger partial charge in [0, 0.05) is 21.9 Å². The average Bonchev–Trinajstić information content (AvgIpc) is 2.53. The van der Waals surface area contributed by atoms with E-state index in [1.807, 2.05) is 59.4 Å². The minimum Gasteiger partial charge on any atom is -0.490 e. The summed E-state index contributed by atoms with van der Waals surface area (Å²) in [5.41, 5.74) is 1.10. The summed E-state index contributed by atoms with van der Waals surface area (Å²) in [6.45, 7) is 0. The van der Waals surface area contributed by atoms with Crippen molar-refractivity contribution in [3.63, 3.8) is 0 Å². The van der Waals surface area contributed by atoms with Gasteiger partial charge in [-0.2, -0.15) is 4.57 Å². The molecular formula is C18H15ClNO+. The molecule has 0 N–H and O–H groups in total. The van der Waals surface area contributed by atoms with Gasteiger partial charge in [0.1, 0.15) is 0 Å². The Morgan fingerprint density at radius 3 is 2.52 bits per heavy atom. The normalized spacial score (nSPS) is 11.1. The highest BCUT2D eigenvalue weighted by molar-refractivity contribution is 6.30. The van der Waals surface area contributed by atoms with Crippen molar-refractivity contribution in [2.75, 3.05) is 7.11 Å². The fraction of sp³-hybridized carbons (Fsp3) is 0.0556. The van der Waals surface area contributed by atoms with Crippen LogP contribution in [0.3, 0.4) is 0 Å². The molecule has 104 valence electrons. The van der Waals surface area contributed by atoms with Gasteiger partial charge in [0.05, 0.1) is 7.11 Å². The van der Waals surface area contributed by atoms with Gasteiger partial charge in [0.25, 0.3) is 0 Å². The minimum absolute atomic E-state index is 0.743. The first-order valence-corrected chi connectivity index (χ1v) is 7.05. The molecule has 0 atom stereocenters. The van der Waals surface area contributed by atoms with Crippen LogP contribution in [0.2, 0.25) is 5.02 Å². The van der Waals surface area contributed by atoms with E-state index in [0.717, 1.165) is 27.1 Å². The van der Waals surface area contributed by atoms with E-state index in [9.17, 15) is 0 Å². The summed E-state index contributed by atoms with van der Waals surface area (Å²) < 4.78 is 7.46. The van der Waals surface area contributed by atoms with Gasteiger partial charge in [-0.15, -0.1) is 0 Å². The molecule has 1 aromatic heterocycles. The number of nitrogens with zero attached hydrogens (tertiary/aromatic N) is 1. The number of fused-ring (bicyclic) bond motifs is 1. The van der Waals surface area contributed by atoms with Crippen molar-refractivity contribution in [3.05, 3.63) is 71.5 Å². The third-order valence-electron chi connectivity index (χ3n) is 3.31. The summed E-state index contributed by atoms with van der Waals surface area (Å²) in [6.07, 6.45) is 8.07. The van der Waals surface area contributed by atoms with Crippen molar-refractivity contribution in [3.8, 4) is 5.75 Å². The number of rotatable bonds is 3. The molecule has 0 spiro atoms. The number of hydrogen-bond donors (Lipinski definition) is 0. The number of pyridine rings is 1. The second-order valence-corrected chi connectivity index (χ2v) is 5.16. The smallest absolute Gasteiger partial charge is 0.217 e. The van der Waals surface area contributed by atoms with E-state index in [0.29, 0.717) is 0 Å². The lowest BCUT2D eigenvalue weighted by Gasteiger charge is -2.02. The summed E-state index contributed by atoms with van der Waals surface area (Å²) in [6, 6.07) is 15.9. The molecule has 0 aliphatic carbocycles. The van der Waals surface area contributed by atoms with Gasteiger partial charge in [-0.1, -0.05) is 41.9 Å². The lowest BCUT2D eigenvalue weighted by Crippen LogP contribution is -2.24. The Morgan fingerprint density at radius 2 is 1.76 bits per heavy atom. The maximum Gasteiger partial charge on any atom is 0.217 e. The first kappa shape index (κ1) is 13.7. The van der Waals surface area contributed by atoms with Gasteiger partial charge in [0.15, 0.2) is 18.1 Å². The van der Waals surface area contributed by atoms with Gasteiger partial charge in [-0.3, -0.25) is 0 Å². The molecule has 0 aliphatic heterocycles.